The van der Waals surface area contributed by atoms with Crippen LogP contribution in [0.25, 0.3) is 0 Å². The van der Waals surface area contributed by atoms with Crippen LogP contribution in [0.5, 0.6) is 0 Å². The van der Waals surface area contributed by atoms with Crippen LogP contribution < -0.4 is 5.32 Å². The van der Waals surface area contributed by atoms with Crippen molar-refractivity contribution >= 4 is 0 Å². The second-order valence-corrected chi connectivity index (χ2v) is 4.19. The lowest BCUT2D eigenvalue weighted by Gasteiger charge is -2.20. The monoisotopic (exact) mass is 205 g/mol. The van der Waals surface area contributed by atoms with E-state index in [1.807, 2.05) is 6.20 Å². The predicted octanol–water partition coefficient (Wildman–Crippen LogP) is 0.974. The minimum Gasteiger partial charge on any atom is -0.381 e. The van der Waals surface area contributed by atoms with Gasteiger partial charge in [0, 0.05) is 44.0 Å². The molecule has 80 valence electrons. The quantitative estimate of drug-likeness (QED) is 0.742. The highest BCUT2D eigenvalue weighted by atomic mass is 16.5. The van der Waals surface area contributed by atoms with E-state index in [2.05, 4.69) is 15.3 Å². The summed E-state index contributed by atoms with van der Waals surface area (Å²) in [7, 11) is 0. The van der Waals surface area contributed by atoms with Gasteiger partial charge in [-0.1, -0.05) is 0 Å². The highest BCUT2D eigenvalue weighted by Gasteiger charge is 2.21. The molecule has 1 N–H and O–H groups in total. The van der Waals surface area contributed by atoms with Crippen molar-refractivity contribution in [1.29, 1.82) is 0 Å². The van der Waals surface area contributed by atoms with E-state index in [0.717, 1.165) is 45.0 Å². The summed E-state index contributed by atoms with van der Waals surface area (Å²) >= 11 is 0. The van der Waals surface area contributed by atoms with E-state index in [-0.39, 0.29) is 0 Å². The van der Waals surface area contributed by atoms with Crippen LogP contribution in [0.2, 0.25) is 0 Å². The van der Waals surface area contributed by atoms with Crippen molar-refractivity contribution in [2.24, 2.45) is 0 Å². The zero-order chi connectivity index (χ0) is 10.1. The molecule has 4 heteroatoms. The van der Waals surface area contributed by atoms with E-state index in [1.54, 1.807) is 0 Å². The summed E-state index contributed by atoms with van der Waals surface area (Å²) in [5.74, 6) is 1.52. The Balaban J connectivity index is 1.85. The van der Waals surface area contributed by atoms with Gasteiger partial charge in [0.1, 0.15) is 5.82 Å². The standard InChI is InChI=1S/C11H15N3O/c1-3-15-4-2-8(1)11-13-6-9-5-12-7-10(9)14-11/h6,8,12H,1-5,7H2. The molecule has 0 radical (unpaired) electrons. The number of nitrogens with one attached hydrogen (secondary N) is 1. The Bertz CT molecular complexity index is 361. The number of nitrogens with zero attached hydrogens (tertiary/aromatic N) is 2. The molecular formula is C11H15N3O. The molecular weight excluding hydrogens is 190 g/mol. The molecule has 3 rings (SSSR count). The van der Waals surface area contributed by atoms with Gasteiger partial charge >= 0.3 is 0 Å². The first-order valence-corrected chi connectivity index (χ1v) is 5.56. The fourth-order valence-electron chi connectivity index (χ4n) is 2.23. The molecule has 2 aliphatic heterocycles. The summed E-state index contributed by atoms with van der Waals surface area (Å²) in [6, 6.07) is 0. The summed E-state index contributed by atoms with van der Waals surface area (Å²) in [6.45, 7) is 3.52. The van der Waals surface area contributed by atoms with Crippen LogP contribution in [0.3, 0.4) is 0 Å². The van der Waals surface area contributed by atoms with Crippen LogP contribution in [-0.2, 0) is 17.8 Å². The molecule has 3 heterocycles. The third-order valence-electron chi connectivity index (χ3n) is 3.17. The van der Waals surface area contributed by atoms with Crippen molar-refractivity contribution < 1.29 is 4.74 Å². The van der Waals surface area contributed by atoms with E-state index in [1.165, 1.54) is 11.3 Å². The van der Waals surface area contributed by atoms with Crippen molar-refractivity contribution in [2.75, 3.05) is 13.2 Å². The molecule has 4 nitrogen and oxygen atoms in total. The smallest absolute Gasteiger partial charge is 0.131 e. The van der Waals surface area contributed by atoms with Crippen LogP contribution in [0.15, 0.2) is 6.20 Å². The average Bonchev–Trinajstić information content (AvgIpc) is 2.77. The number of ether oxygens (including phenoxy) is 1. The van der Waals surface area contributed by atoms with Gasteiger partial charge in [-0.2, -0.15) is 0 Å². The maximum atomic E-state index is 5.35. The van der Waals surface area contributed by atoms with Crippen molar-refractivity contribution in [1.82, 2.24) is 15.3 Å². The predicted molar refractivity (Wildman–Crippen MR) is 55.4 cm³/mol. The molecule has 2 aliphatic rings. The van der Waals surface area contributed by atoms with Gasteiger partial charge < -0.3 is 10.1 Å². The van der Waals surface area contributed by atoms with Gasteiger partial charge in [0.05, 0.1) is 5.69 Å². The molecule has 1 saturated heterocycles. The zero-order valence-corrected chi connectivity index (χ0v) is 8.70. The number of rotatable bonds is 1. The number of fused-ring (bicyclic) bond motifs is 1. The number of hydrogen-bond acceptors (Lipinski definition) is 4. The van der Waals surface area contributed by atoms with Crippen LogP contribution in [0.4, 0.5) is 0 Å². The summed E-state index contributed by atoms with van der Waals surface area (Å²) in [6.07, 6.45) is 4.10. The summed E-state index contributed by atoms with van der Waals surface area (Å²) in [5, 5.41) is 3.29. The van der Waals surface area contributed by atoms with Gasteiger partial charge in [0.15, 0.2) is 0 Å². The van der Waals surface area contributed by atoms with Crippen molar-refractivity contribution in [3.63, 3.8) is 0 Å². The lowest BCUT2D eigenvalue weighted by molar-refractivity contribution is 0.0835. The molecule has 0 unspecified atom stereocenters. The normalized spacial score (nSPS) is 21.6. The molecule has 0 aromatic carbocycles. The highest BCUT2D eigenvalue weighted by Crippen LogP contribution is 2.25. The average molecular weight is 205 g/mol. The SMILES string of the molecule is c1nc(C2CCOCC2)nc2c1CNC2. The largest absolute Gasteiger partial charge is 0.381 e. The van der Waals surface area contributed by atoms with E-state index in [4.69, 9.17) is 4.74 Å². The van der Waals surface area contributed by atoms with Crippen molar-refractivity contribution in [2.45, 2.75) is 31.8 Å². The first-order chi connectivity index (χ1) is 7.43. The van der Waals surface area contributed by atoms with Gasteiger partial charge in [-0.25, -0.2) is 9.97 Å². The van der Waals surface area contributed by atoms with Gasteiger partial charge in [-0.05, 0) is 12.8 Å². The Morgan fingerprint density at radius 3 is 3.00 bits per heavy atom. The first-order valence-electron chi connectivity index (χ1n) is 5.56. The first kappa shape index (κ1) is 9.24. The van der Waals surface area contributed by atoms with Gasteiger partial charge in [-0.3, -0.25) is 0 Å². The van der Waals surface area contributed by atoms with E-state index in [0.29, 0.717) is 5.92 Å². The fraction of sp³-hybridized carbons (Fsp3) is 0.636. The van der Waals surface area contributed by atoms with Gasteiger partial charge in [-0.15, -0.1) is 0 Å². The molecule has 1 fully saturated rings. The van der Waals surface area contributed by atoms with Crippen LogP contribution >= 0.6 is 0 Å². The molecule has 1 aromatic rings. The molecule has 0 atom stereocenters. The molecule has 0 spiro atoms. The Labute approximate surface area is 89.1 Å². The summed E-state index contributed by atoms with van der Waals surface area (Å²) in [4.78, 5) is 9.12. The van der Waals surface area contributed by atoms with Gasteiger partial charge in [0.2, 0.25) is 0 Å². The van der Waals surface area contributed by atoms with E-state index in [9.17, 15) is 0 Å². The molecule has 0 saturated carbocycles. The Morgan fingerprint density at radius 1 is 1.27 bits per heavy atom. The van der Waals surface area contributed by atoms with Crippen LogP contribution in [0, 0.1) is 0 Å². The van der Waals surface area contributed by atoms with Crippen LogP contribution in [-0.4, -0.2) is 23.2 Å². The lowest BCUT2D eigenvalue weighted by atomic mass is 9.99. The lowest BCUT2D eigenvalue weighted by Crippen LogP contribution is -2.17. The Hall–Kier alpha value is -1.00. The van der Waals surface area contributed by atoms with E-state index >= 15 is 0 Å². The van der Waals surface area contributed by atoms with Gasteiger partial charge in [0.25, 0.3) is 0 Å². The zero-order valence-electron chi connectivity index (χ0n) is 8.70. The Kier molecular flexibility index (Phi) is 2.38. The maximum absolute atomic E-state index is 5.35. The number of hydrogen-bond donors (Lipinski definition) is 1. The molecule has 1 aromatic heterocycles. The molecule has 15 heavy (non-hydrogen) atoms. The summed E-state index contributed by atoms with van der Waals surface area (Å²) in [5.41, 5.74) is 2.44. The Morgan fingerprint density at radius 2 is 2.13 bits per heavy atom. The highest BCUT2D eigenvalue weighted by molar-refractivity contribution is 5.22. The molecule has 0 aliphatic carbocycles. The second kappa shape index (κ2) is 3.87. The minimum absolute atomic E-state index is 0.504. The van der Waals surface area contributed by atoms with Crippen LogP contribution in [0.1, 0.15) is 35.8 Å². The van der Waals surface area contributed by atoms with E-state index < -0.39 is 0 Å². The maximum Gasteiger partial charge on any atom is 0.131 e. The number of aromatic nitrogens is 2. The fourth-order valence-corrected chi connectivity index (χ4v) is 2.23. The topological polar surface area (TPSA) is 47.0 Å². The third kappa shape index (κ3) is 1.75. The molecule has 0 amide bonds. The third-order valence-corrected chi connectivity index (χ3v) is 3.17. The summed E-state index contributed by atoms with van der Waals surface area (Å²) < 4.78 is 5.35. The van der Waals surface area contributed by atoms with Crippen molar-refractivity contribution in [3.8, 4) is 0 Å². The minimum atomic E-state index is 0.504. The second-order valence-electron chi connectivity index (χ2n) is 4.19. The van der Waals surface area contributed by atoms with Crippen molar-refractivity contribution in [3.05, 3.63) is 23.3 Å². The molecule has 0 bridgehead atoms.